The first-order chi connectivity index (χ1) is 12.6. The largest absolute Gasteiger partial charge is 0.265 e. The van der Waals surface area contributed by atoms with Crippen LogP contribution in [0.3, 0.4) is 0 Å². The maximum absolute atomic E-state index is 12.7. The van der Waals surface area contributed by atoms with Crippen molar-refractivity contribution in [2.24, 2.45) is 0 Å². The Morgan fingerprint density at radius 2 is 1.70 bits per heavy atom. The van der Waals surface area contributed by atoms with E-state index in [9.17, 15) is 25.3 Å². The fourth-order valence-electron chi connectivity index (χ4n) is 2.78. The van der Waals surface area contributed by atoms with Crippen LogP contribution >= 0.6 is 0 Å². The summed E-state index contributed by atoms with van der Waals surface area (Å²) in [6.45, 7) is 0.0305. The van der Waals surface area contributed by atoms with E-state index in [0.717, 1.165) is 6.07 Å². The van der Waals surface area contributed by atoms with E-state index in [2.05, 4.69) is 9.71 Å². The minimum atomic E-state index is -3.94. The summed E-state index contributed by atoms with van der Waals surface area (Å²) in [5, 5.41) is -1.05. The quantitative estimate of drug-likeness (QED) is 0.708. The van der Waals surface area contributed by atoms with Crippen molar-refractivity contribution in [2.45, 2.75) is 28.0 Å². The molecule has 11 heteroatoms. The summed E-state index contributed by atoms with van der Waals surface area (Å²) in [7, 11) is -11.3. The number of aromatic nitrogens is 1. The zero-order chi connectivity index (χ0) is 19.7. The summed E-state index contributed by atoms with van der Waals surface area (Å²) in [6.07, 6.45) is 3.08. The summed E-state index contributed by atoms with van der Waals surface area (Å²) in [5.41, 5.74) is 0.702. The minimum absolute atomic E-state index is 0.0158. The van der Waals surface area contributed by atoms with E-state index in [0.29, 0.717) is 5.56 Å². The van der Waals surface area contributed by atoms with E-state index in [1.165, 1.54) is 30.6 Å². The summed E-state index contributed by atoms with van der Waals surface area (Å²) in [5.74, 6) is -0.616. The molecule has 0 saturated carbocycles. The second-order valence-electron chi connectivity index (χ2n) is 6.22. The zero-order valence-corrected chi connectivity index (χ0v) is 16.6. The van der Waals surface area contributed by atoms with Crippen molar-refractivity contribution in [3.05, 3.63) is 54.4 Å². The van der Waals surface area contributed by atoms with Gasteiger partial charge in [0.15, 0.2) is 19.7 Å². The van der Waals surface area contributed by atoms with Gasteiger partial charge in [0, 0.05) is 18.9 Å². The van der Waals surface area contributed by atoms with E-state index >= 15 is 0 Å². The first kappa shape index (κ1) is 19.9. The first-order valence-corrected chi connectivity index (χ1v) is 12.9. The lowest BCUT2D eigenvalue weighted by atomic mass is 10.3. The number of nitrogens with one attached hydrogen (secondary N) is 1. The van der Waals surface area contributed by atoms with E-state index in [1.54, 1.807) is 12.1 Å². The third-order valence-electron chi connectivity index (χ3n) is 4.29. The summed E-state index contributed by atoms with van der Waals surface area (Å²) in [4.78, 5) is 3.45. The molecule has 27 heavy (non-hydrogen) atoms. The molecular weight excluding hydrogens is 412 g/mol. The number of rotatable bonds is 6. The van der Waals surface area contributed by atoms with Gasteiger partial charge < -0.3 is 0 Å². The molecule has 0 amide bonds. The van der Waals surface area contributed by atoms with Gasteiger partial charge >= 0.3 is 0 Å². The molecule has 146 valence electrons. The maximum Gasteiger partial charge on any atom is 0.240 e. The maximum atomic E-state index is 12.7. The molecule has 1 atom stereocenters. The second kappa shape index (κ2) is 7.30. The Hall–Kier alpha value is -1.82. The van der Waals surface area contributed by atoms with Gasteiger partial charge in [-0.05, 0) is 42.3 Å². The van der Waals surface area contributed by atoms with Gasteiger partial charge in [0.05, 0.1) is 26.5 Å². The highest BCUT2D eigenvalue weighted by molar-refractivity contribution is 7.96. The number of hydrogen-bond donors (Lipinski definition) is 1. The fraction of sp³-hybridized carbons (Fsp3) is 0.312. The first-order valence-electron chi connectivity index (χ1n) is 8.03. The Morgan fingerprint density at radius 1 is 1.04 bits per heavy atom. The molecule has 8 nitrogen and oxygen atoms in total. The van der Waals surface area contributed by atoms with Gasteiger partial charge in [-0.1, -0.05) is 6.07 Å². The second-order valence-corrected chi connectivity index (χ2v) is 12.4. The van der Waals surface area contributed by atoms with Crippen LogP contribution in [-0.4, -0.2) is 47.0 Å². The van der Waals surface area contributed by atoms with Gasteiger partial charge in [0.2, 0.25) is 10.0 Å². The number of hydrogen-bond acceptors (Lipinski definition) is 7. The van der Waals surface area contributed by atoms with Crippen LogP contribution in [-0.2, 0) is 36.2 Å². The molecule has 0 radical (unpaired) electrons. The lowest BCUT2D eigenvalue weighted by molar-refractivity contribution is 0.579. The molecule has 1 aromatic carbocycles. The van der Waals surface area contributed by atoms with Crippen molar-refractivity contribution in [1.82, 2.24) is 9.71 Å². The van der Waals surface area contributed by atoms with Crippen LogP contribution in [0.2, 0.25) is 0 Å². The molecular formula is C16H18N2O6S3. The Morgan fingerprint density at radius 3 is 2.33 bits per heavy atom. The predicted octanol–water partition coefficient (Wildman–Crippen LogP) is 0.521. The third kappa shape index (κ3) is 4.54. The smallest absolute Gasteiger partial charge is 0.240 e. The van der Waals surface area contributed by atoms with Crippen molar-refractivity contribution in [3.63, 3.8) is 0 Å². The number of sulfone groups is 2. The molecule has 2 aromatic rings. The van der Waals surface area contributed by atoms with Crippen molar-refractivity contribution in [3.8, 4) is 0 Å². The van der Waals surface area contributed by atoms with Crippen molar-refractivity contribution in [2.75, 3.05) is 11.5 Å². The molecule has 0 bridgehead atoms. The van der Waals surface area contributed by atoms with Gasteiger partial charge in [0.1, 0.15) is 0 Å². The Kier molecular flexibility index (Phi) is 5.39. The van der Waals surface area contributed by atoms with Crippen LogP contribution < -0.4 is 4.72 Å². The number of pyridine rings is 1. The molecule has 1 N–H and O–H groups in total. The molecule has 3 rings (SSSR count). The van der Waals surface area contributed by atoms with Crippen LogP contribution in [0, 0.1) is 0 Å². The number of sulfonamides is 1. The molecule has 1 aliphatic rings. The highest BCUT2D eigenvalue weighted by Gasteiger charge is 2.38. The van der Waals surface area contributed by atoms with Crippen molar-refractivity contribution < 1.29 is 25.3 Å². The van der Waals surface area contributed by atoms with Gasteiger partial charge in [0.25, 0.3) is 0 Å². The monoisotopic (exact) mass is 430 g/mol. The van der Waals surface area contributed by atoms with E-state index < -0.39 is 40.7 Å². The molecule has 1 fully saturated rings. The van der Waals surface area contributed by atoms with E-state index in [4.69, 9.17) is 0 Å². The Bertz CT molecular complexity index is 1140. The van der Waals surface area contributed by atoms with Crippen LogP contribution in [0.5, 0.6) is 0 Å². The molecule has 1 saturated heterocycles. The normalized spacial score (nSPS) is 19.8. The lowest BCUT2D eigenvalue weighted by Gasteiger charge is -2.12. The SMILES string of the molecule is O=S1(=O)CC[C@@H](S(=O)(=O)c2cccc(S(=O)(=O)NCc3ccncc3)c2)C1. The minimum Gasteiger partial charge on any atom is -0.265 e. The van der Waals surface area contributed by atoms with Crippen LogP contribution in [0.1, 0.15) is 12.0 Å². The molecule has 1 aromatic heterocycles. The average Bonchev–Trinajstić information content (AvgIpc) is 3.02. The summed E-state index contributed by atoms with van der Waals surface area (Å²) in [6, 6.07) is 8.28. The van der Waals surface area contributed by atoms with Gasteiger partial charge in [-0.2, -0.15) is 0 Å². The third-order valence-corrected chi connectivity index (χ3v) is 9.86. The molecule has 0 unspecified atom stereocenters. The number of benzene rings is 1. The highest BCUT2D eigenvalue weighted by Crippen LogP contribution is 2.26. The van der Waals surface area contributed by atoms with Crippen LogP contribution in [0.25, 0.3) is 0 Å². The lowest BCUT2D eigenvalue weighted by Crippen LogP contribution is -2.25. The van der Waals surface area contributed by atoms with Gasteiger partial charge in [-0.25, -0.2) is 30.0 Å². The standard InChI is InChI=1S/C16H18N2O6S3/c19-25(20)9-6-16(12-25)26(21,22)14-2-1-3-15(10-14)27(23,24)18-11-13-4-7-17-8-5-13/h1-5,7-8,10,16,18H,6,9,11-12H2/t16-/m1/s1. The van der Waals surface area contributed by atoms with Crippen molar-refractivity contribution in [1.29, 1.82) is 0 Å². The predicted molar refractivity (Wildman–Crippen MR) is 98.9 cm³/mol. The molecule has 0 spiro atoms. The topological polar surface area (TPSA) is 127 Å². The summed E-state index contributed by atoms with van der Waals surface area (Å²) < 4.78 is 76.0. The zero-order valence-electron chi connectivity index (χ0n) is 14.1. The summed E-state index contributed by atoms with van der Waals surface area (Å²) >= 11 is 0. The average molecular weight is 431 g/mol. The number of nitrogens with zero attached hydrogens (tertiary/aromatic N) is 1. The van der Waals surface area contributed by atoms with E-state index in [-0.39, 0.29) is 28.5 Å². The molecule has 2 heterocycles. The van der Waals surface area contributed by atoms with Crippen LogP contribution in [0.4, 0.5) is 0 Å². The Balaban J connectivity index is 1.84. The Labute approximate surface area is 158 Å². The van der Waals surface area contributed by atoms with E-state index in [1.807, 2.05) is 0 Å². The molecule has 1 aliphatic heterocycles. The van der Waals surface area contributed by atoms with Gasteiger partial charge in [-0.15, -0.1) is 0 Å². The van der Waals surface area contributed by atoms with Crippen LogP contribution in [0.15, 0.2) is 58.6 Å². The van der Waals surface area contributed by atoms with Gasteiger partial charge in [-0.3, -0.25) is 4.98 Å². The molecule has 0 aliphatic carbocycles. The van der Waals surface area contributed by atoms with Crippen molar-refractivity contribution >= 4 is 29.7 Å². The fourth-order valence-corrected chi connectivity index (χ4v) is 8.32. The highest BCUT2D eigenvalue weighted by atomic mass is 32.2.